The number of carbonyl (C=O) groups excluding carboxylic acids is 3. The predicted octanol–water partition coefficient (Wildman–Crippen LogP) is 2.05. The molecule has 0 heterocycles. The second kappa shape index (κ2) is 13.5. The Balaban J connectivity index is 1.76. The van der Waals surface area contributed by atoms with E-state index in [1.54, 1.807) is 24.3 Å². The van der Waals surface area contributed by atoms with Crippen LogP contribution in [-0.2, 0) is 29.2 Å². The maximum Gasteiger partial charge on any atom is 0.411 e. The van der Waals surface area contributed by atoms with Gasteiger partial charge < -0.3 is 33.0 Å². The van der Waals surface area contributed by atoms with Crippen molar-refractivity contribution in [2.45, 2.75) is 38.6 Å². The maximum atomic E-state index is 13.3. The van der Waals surface area contributed by atoms with Gasteiger partial charge in [0.2, 0.25) is 5.91 Å². The lowest BCUT2D eigenvalue weighted by atomic mass is 10.1. The zero-order valence-electron chi connectivity index (χ0n) is 21.0. The minimum atomic E-state index is -0.940. The SMILES string of the molecule is NC(=O)NCc1ccc(CN(C(=O)OCc2ccc3ccccc3c2)[C@H](CCCN=C(N)N)C(N)=O)cc1. The van der Waals surface area contributed by atoms with Crippen molar-refractivity contribution in [2.24, 2.45) is 27.9 Å². The summed E-state index contributed by atoms with van der Waals surface area (Å²) in [6.45, 7) is 0.656. The zero-order chi connectivity index (χ0) is 27.5. The molecule has 0 saturated heterocycles. The number of primary amides is 2. The van der Waals surface area contributed by atoms with Crippen molar-refractivity contribution in [3.63, 3.8) is 0 Å². The third-order valence-electron chi connectivity index (χ3n) is 5.89. The molecule has 9 N–H and O–H groups in total. The number of aliphatic imine (C=N–C) groups is 1. The number of amides is 4. The summed E-state index contributed by atoms with van der Waals surface area (Å²) in [5, 5.41) is 4.62. The molecular formula is C27H33N7O4. The molecule has 0 unspecified atom stereocenters. The first-order valence-corrected chi connectivity index (χ1v) is 12.1. The van der Waals surface area contributed by atoms with Crippen molar-refractivity contribution in [2.75, 3.05) is 6.54 Å². The van der Waals surface area contributed by atoms with Crippen LogP contribution in [0.1, 0.15) is 29.5 Å². The number of hydrogen-bond donors (Lipinski definition) is 5. The van der Waals surface area contributed by atoms with Crippen molar-refractivity contribution in [3.8, 4) is 0 Å². The van der Waals surface area contributed by atoms with Gasteiger partial charge in [-0.05, 0) is 46.4 Å². The number of carbonyl (C=O) groups is 3. The van der Waals surface area contributed by atoms with Crippen LogP contribution in [0.25, 0.3) is 10.8 Å². The van der Waals surface area contributed by atoms with Crippen molar-refractivity contribution in [1.82, 2.24) is 10.2 Å². The standard InChI is InChI=1S/C27H33N7O4/c28-24(35)23(6-3-13-32-25(29)30)34(16-19-9-7-18(8-10-19)15-33-26(31)36)27(37)38-17-20-11-12-21-4-1-2-5-22(21)14-20/h1-2,4-5,7-12,14,23H,3,6,13,15-17H2,(H2,28,35)(H4,29,30,32)(H3,31,33,36)/t23-/m1/s1. The highest BCUT2D eigenvalue weighted by molar-refractivity contribution is 5.85. The van der Waals surface area contributed by atoms with Crippen LogP contribution in [0.5, 0.6) is 0 Å². The Morgan fingerprint density at radius 1 is 0.868 bits per heavy atom. The van der Waals surface area contributed by atoms with Gasteiger partial charge in [-0.2, -0.15) is 0 Å². The molecular weight excluding hydrogens is 486 g/mol. The van der Waals surface area contributed by atoms with E-state index in [4.69, 9.17) is 27.7 Å². The van der Waals surface area contributed by atoms with Crippen molar-refractivity contribution in [1.29, 1.82) is 0 Å². The molecule has 0 fully saturated rings. The number of nitrogens with two attached hydrogens (primary N) is 4. The topological polar surface area (TPSA) is 192 Å². The van der Waals surface area contributed by atoms with Crippen LogP contribution in [0.4, 0.5) is 9.59 Å². The van der Waals surface area contributed by atoms with Crippen LogP contribution in [0.3, 0.4) is 0 Å². The van der Waals surface area contributed by atoms with E-state index < -0.39 is 24.1 Å². The highest BCUT2D eigenvalue weighted by atomic mass is 16.6. The van der Waals surface area contributed by atoms with Crippen molar-refractivity contribution < 1.29 is 19.1 Å². The van der Waals surface area contributed by atoms with Crippen LogP contribution in [0, 0.1) is 0 Å². The fourth-order valence-electron chi connectivity index (χ4n) is 3.95. The minimum absolute atomic E-state index is 0.0252. The summed E-state index contributed by atoms with van der Waals surface area (Å²) in [4.78, 5) is 41.9. The molecule has 200 valence electrons. The molecule has 0 aliphatic rings. The number of urea groups is 1. The van der Waals surface area contributed by atoms with E-state index in [-0.39, 0.29) is 38.6 Å². The zero-order valence-corrected chi connectivity index (χ0v) is 21.0. The molecule has 1 atom stereocenters. The van der Waals surface area contributed by atoms with E-state index >= 15 is 0 Å². The molecule has 0 aliphatic heterocycles. The van der Waals surface area contributed by atoms with Gasteiger partial charge in [-0.25, -0.2) is 9.59 Å². The van der Waals surface area contributed by atoms with Crippen LogP contribution < -0.4 is 28.3 Å². The summed E-state index contributed by atoms with van der Waals surface area (Å²) in [7, 11) is 0. The fraction of sp³-hybridized carbons (Fsp3) is 0.259. The molecule has 11 heteroatoms. The van der Waals surface area contributed by atoms with Gasteiger partial charge in [-0.15, -0.1) is 0 Å². The summed E-state index contributed by atoms with van der Waals surface area (Å²) in [6, 6.07) is 19.3. The average Bonchev–Trinajstić information content (AvgIpc) is 2.89. The van der Waals surface area contributed by atoms with Crippen LogP contribution >= 0.6 is 0 Å². The molecule has 0 aromatic heterocycles. The first kappa shape index (κ1) is 27.8. The number of rotatable bonds is 12. The largest absolute Gasteiger partial charge is 0.445 e. The first-order valence-electron chi connectivity index (χ1n) is 12.1. The summed E-state index contributed by atoms with van der Waals surface area (Å²) < 4.78 is 5.63. The third-order valence-corrected chi connectivity index (χ3v) is 5.89. The van der Waals surface area contributed by atoms with Gasteiger partial charge in [0, 0.05) is 19.6 Å². The Kier molecular flexibility index (Phi) is 9.86. The Labute approximate surface area is 220 Å². The van der Waals surface area contributed by atoms with Gasteiger partial charge in [-0.3, -0.25) is 14.7 Å². The van der Waals surface area contributed by atoms with Gasteiger partial charge in [0.05, 0.1) is 0 Å². The predicted molar refractivity (Wildman–Crippen MR) is 145 cm³/mol. The van der Waals surface area contributed by atoms with Gasteiger partial charge in [0.15, 0.2) is 5.96 Å². The van der Waals surface area contributed by atoms with Gasteiger partial charge in [-0.1, -0.05) is 60.7 Å². The van der Waals surface area contributed by atoms with E-state index in [0.29, 0.717) is 6.42 Å². The van der Waals surface area contributed by atoms with E-state index in [1.165, 1.54) is 4.90 Å². The normalized spacial score (nSPS) is 11.4. The van der Waals surface area contributed by atoms with E-state index in [1.807, 2.05) is 42.5 Å². The second-order valence-electron chi connectivity index (χ2n) is 8.77. The highest BCUT2D eigenvalue weighted by Gasteiger charge is 2.29. The third kappa shape index (κ3) is 8.40. The first-order chi connectivity index (χ1) is 18.2. The molecule has 38 heavy (non-hydrogen) atoms. The number of ether oxygens (including phenoxy) is 1. The lowest BCUT2D eigenvalue weighted by Gasteiger charge is -2.29. The number of hydrogen-bond acceptors (Lipinski definition) is 5. The number of fused-ring (bicyclic) bond motifs is 1. The Bertz CT molecular complexity index is 1290. The number of benzene rings is 3. The van der Waals surface area contributed by atoms with E-state index in [9.17, 15) is 14.4 Å². The van der Waals surface area contributed by atoms with Crippen molar-refractivity contribution >= 4 is 34.8 Å². The Morgan fingerprint density at radius 2 is 1.53 bits per heavy atom. The molecule has 4 amide bonds. The lowest BCUT2D eigenvalue weighted by Crippen LogP contribution is -2.47. The molecule has 3 aromatic rings. The maximum absolute atomic E-state index is 13.3. The Morgan fingerprint density at radius 3 is 2.18 bits per heavy atom. The van der Waals surface area contributed by atoms with Gasteiger partial charge in [0.25, 0.3) is 0 Å². The van der Waals surface area contributed by atoms with Crippen LogP contribution in [0.2, 0.25) is 0 Å². The van der Waals surface area contributed by atoms with E-state index in [0.717, 1.165) is 27.5 Å². The summed E-state index contributed by atoms with van der Waals surface area (Å²) in [5.41, 5.74) is 24.0. The fourth-order valence-corrected chi connectivity index (χ4v) is 3.95. The molecule has 0 saturated carbocycles. The molecule has 11 nitrogen and oxygen atoms in total. The van der Waals surface area contributed by atoms with Crippen molar-refractivity contribution in [3.05, 3.63) is 83.4 Å². The number of nitrogens with one attached hydrogen (secondary N) is 1. The smallest absolute Gasteiger partial charge is 0.411 e. The quantitative estimate of drug-likeness (QED) is 0.138. The molecule has 3 rings (SSSR count). The summed E-state index contributed by atoms with van der Waals surface area (Å²) in [5.74, 6) is -0.724. The molecule has 0 aliphatic carbocycles. The van der Waals surface area contributed by atoms with Gasteiger partial charge >= 0.3 is 12.1 Å². The average molecular weight is 520 g/mol. The highest BCUT2D eigenvalue weighted by Crippen LogP contribution is 2.19. The molecule has 3 aromatic carbocycles. The summed E-state index contributed by atoms with van der Waals surface area (Å²) in [6.07, 6.45) is -0.00145. The van der Waals surface area contributed by atoms with Gasteiger partial charge in [0.1, 0.15) is 12.6 Å². The van der Waals surface area contributed by atoms with Crippen LogP contribution in [0.15, 0.2) is 71.7 Å². The molecule has 0 radical (unpaired) electrons. The number of nitrogens with zero attached hydrogens (tertiary/aromatic N) is 2. The minimum Gasteiger partial charge on any atom is -0.445 e. The number of guanidine groups is 1. The second-order valence-corrected chi connectivity index (χ2v) is 8.77. The molecule has 0 spiro atoms. The Hall–Kier alpha value is -4.80. The molecule has 0 bridgehead atoms. The summed E-state index contributed by atoms with van der Waals surface area (Å²) >= 11 is 0. The van der Waals surface area contributed by atoms with Crippen LogP contribution in [-0.4, -0.2) is 41.5 Å². The van der Waals surface area contributed by atoms with E-state index in [2.05, 4.69) is 10.3 Å². The monoisotopic (exact) mass is 519 g/mol. The lowest BCUT2D eigenvalue weighted by molar-refractivity contribution is -0.123.